The molecule has 0 amide bonds. The molecule has 5 heteroatoms. The molecule has 0 saturated carbocycles. The van der Waals surface area contributed by atoms with E-state index < -0.39 is 0 Å². The van der Waals surface area contributed by atoms with E-state index in [0.29, 0.717) is 12.5 Å². The van der Waals surface area contributed by atoms with E-state index in [1.807, 2.05) is 6.92 Å². The molecule has 0 aliphatic rings. The third kappa shape index (κ3) is 5.70. The molecule has 1 aromatic heterocycles. The summed E-state index contributed by atoms with van der Waals surface area (Å²) >= 11 is 2.36. The molecule has 0 spiro atoms. The first-order valence-electron chi connectivity index (χ1n) is 7.95. The fourth-order valence-electron chi connectivity index (χ4n) is 2.12. The third-order valence-corrected chi connectivity index (χ3v) is 4.24. The predicted octanol–water partition coefficient (Wildman–Crippen LogP) is 4.59. The van der Waals surface area contributed by atoms with Crippen molar-refractivity contribution in [3.05, 3.63) is 15.1 Å². The summed E-state index contributed by atoms with van der Waals surface area (Å²) in [6.45, 7) is 12.3. The Balaban J connectivity index is 3.17. The van der Waals surface area contributed by atoms with Gasteiger partial charge in [-0.1, -0.05) is 27.7 Å². The normalized spacial score (nSPS) is 12.7. The molecular formula is C16H28IN3O. The molecule has 0 fully saturated rings. The van der Waals surface area contributed by atoms with Crippen LogP contribution in [0.15, 0.2) is 0 Å². The minimum absolute atomic E-state index is 0.0138. The van der Waals surface area contributed by atoms with Crippen LogP contribution in [0, 0.1) is 9.49 Å². The number of hydrogen-bond donors (Lipinski definition) is 1. The molecule has 1 aromatic rings. The SMILES string of the molecule is CCCNc1nc(C(CC)OCC)nc(CC(C)C)c1I. The van der Waals surface area contributed by atoms with Crippen molar-refractivity contribution in [2.45, 2.75) is 60.0 Å². The predicted molar refractivity (Wildman–Crippen MR) is 96.7 cm³/mol. The first-order chi connectivity index (χ1) is 10.0. The average molecular weight is 405 g/mol. The highest BCUT2D eigenvalue weighted by atomic mass is 127. The molecule has 1 rings (SSSR count). The molecule has 0 aliphatic heterocycles. The van der Waals surface area contributed by atoms with Gasteiger partial charge in [-0.05, 0) is 54.7 Å². The van der Waals surface area contributed by atoms with Crippen LogP contribution in [0.5, 0.6) is 0 Å². The lowest BCUT2D eigenvalue weighted by molar-refractivity contribution is 0.0533. The van der Waals surface area contributed by atoms with Crippen LogP contribution in [0.25, 0.3) is 0 Å². The van der Waals surface area contributed by atoms with Crippen LogP contribution in [0.1, 0.15) is 65.1 Å². The van der Waals surface area contributed by atoms with Gasteiger partial charge in [0.25, 0.3) is 0 Å². The van der Waals surface area contributed by atoms with Gasteiger partial charge in [0.15, 0.2) is 5.82 Å². The maximum atomic E-state index is 5.78. The number of anilines is 1. The van der Waals surface area contributed by atoms with Gasteiger partial charge in [0.1, 0.15) is 11.9 Å². The topological polar surface area (TPSA) is 47.0 Å². The summed E-state index contributed by atoms with van der Waals surface area (Å²) in [5, 5.41) is 3.42. The van der Waals surface area contributed by atoms with E-state index in [9.17, 15) is 0 Å². The summed E-state index contributed by atoms with van der Waals surface area (Å²) in [4.78, 5) is 9.50. The summed E-state index contributed by atoms with van der Waals surface area (Å²) in [6.07, 6.45) is 2.93. The molecule has 1 unspecified atom stereocenters. The number of aromatic nitrogens is 2. The Morgan fingerprint density at radius 2 is 1.90 bits per heavy atom. The van der Waals surface area contributed by atoms with Gasteiger partial charge in [0, 0.05) is 13.2 Å². The van der Waals surface area contributed by atoms with Crippen molar-refractivity contribution in [1.29, 1.82) is 0 Å². The van der Waals surface area contributed by atoms with Crippen molar-refractivity contribution in [1.82, 2.24) is 9.97 Å². The zero-order valence-corrected chi connectivity index (χ0v) is 16.0. The lowest BCUT2D eigenvalue weighted by Crippen LogP contribution is -2.15. The largest absolute Gasteiger partial charge is 0.371 e. The maximum Gasteiger partial charge on any atom is 0.159 e. The molecule has 0 saturated heterocycles. The van der Waals surface area contributed by atoms with Crippen molar-refractivity contribution in [3.63, 3.8) is 0 Å². The Morgan fingerprint density at radius 1 is 1.19 bits per heavy atom. The molecule has 21 heavy (non-hydrogen) atoms. The summed E-state index contributed by atoms with van der Waals surface area (Å²) < 4.78 is 6.92. The molecule has 4 nitrogen and oxygen atoms in total. The van der Waals surface area contributed by atoms with E-state index >= 15 is 0 Å². The minimum atomic E-state index is -0.0138. The van der Waals surface area contributed by atoms with Gasteiger partial charge < -0.3 is 10.1 Å². The van der Waals surface area contributed by atoms with Crippen LogP contribution >= 0.6 is 22.6 Å². The quantitative estimate of drug-likeness (QED) is 0.611. The zero-order chi connectivity index (χ0) is 15.8. The van der Waals surface area contributed by atoms with E-state index in [4.69, 9.17) is 14.7 Å². The van der Waals surface area contributed by atoms with Crippen molar-refractivity contribution in [2.75, 3.05) is 18.5 Å². The highest BCUT2D eigenvalue weighted by Crippen LogP contribution is 2.26. The van der Waals surface area contributed by atoms with Crippen molar-refractivity contribution >= 4 is 28.4 Å². The van der Waals surface area contributed by atoms with Gasteiger partial charge in [-0.15, -0.1) is 0 Å². The third-order valence-electron chi connectivity index (χ3n) is 3.11. The molecule has 0 aliphatic carbocycles. The molecule has 0 bridgehead atoms. The van der Waals surface area contributed by atoms with E-state index in [1.54, 1.807) is 0 Å². The first-order valence-corrected chi connectivity index (χ1v) is 9.02. The Kier molecular flexibility index (Phi) is 8.48. The van der Waals surface area contributed by atoms with Crippen molar-refractivity contribution in [2.24, 2.45) is 5.92 Å². The summed E-state index contributed by atoms with van der Waals surface area (Å²) in [6, 6.07) is 0. The van der Waals surface area contributed by atoms with Crippen LogP contribution in [-0.2, 0) is 11.2 Å². The van der Waals surface area contributed by atoms with Gasteiger partial charge in [0.2, 0.25) is 0 Å². The van der Waals surface area contributed by atoms with E-state index in [1.165, 1.54) is 0 Å². The fraction of sp³-hybridized carbons (Fsp3) is 0.750. The van der Waals surface area contributed by atoms with Crippen LogP contribution in [-0.4, -0.2) is 23.1 Å². The van der Waals surface area contributed by atoms with Gasteiger partial charge in [-0.25, -0.2) is 9.97 Å². The van der Waals surface area contributed by atoms with E-state index in [2.05, 4.69) is 55.6 Å². The highest BCUT2D eigenvalue weighted by Gasteiger charge is 2.18. The summed E-state index contributed by atoms with van der Waals surface area (Å²) in [5.41, 5.74) is 1.13. The molecule has 1 atom stereocenters. The van der Waals surface area contributed by atoms with Crippen molar-refractivity contribution < 1.29 is 4.74 Å². The number of ether oxygens (including phenoxy) is 1. The second-order valence-electron chi connectivity index (χ2n) is 5.57. The molecule has 1 heterocycles. The Bertz CT molecular complexity index is 438. The maximum absolute atomic E-state index is 5.78. The highest BCUT2D eigenvalue weighted by molar-refractivity contribution is 14.1. The minimum Gasteiger partial charge on any atom is -0.371 e. The Morgan fingerprint density at radius 3 is 2.43 bits per heavy atom. The number of rotatable bonds is 9. The molecular weight excluding hydrogens is 377 g/mol. The van der Waals surface area contributed by atoms with Gasteiger partial charge in [0.05, 0.1) is 9.26 Å². The smallest absolute Gasteiger partial charge is 0.159 e. The number of hydrogen-bond acceptors (Lipinski definition) is 4. The number of nitrogens with zero attached hydrogens (tertiary/aromatic N) is 2. The van der Waals surface area contributed by atoms with Crippen LogP contribution in [0.4, 0.5) is 5.82 Å². The second-order valence-corrected chi connectivity index (χ2v) is 6.65. The van der Waals surface area contributed by atoms with E-state index in [0.717, 1.165) is 46.7 Å². The second kappa shape index (κ2) is 9.56. The van der Waals surface area contributed by atoms with Crippen LogP contribution in [0.3, 0.4) is 0 Å². The Hall–Kier alpha value is -0.430. The fourth-order valence-corrected chi connectivity index (χ4v) is 2.77. The summed E-state index contributed by atoms with van der Waals surface area (Å²) in [5.74, 6) is 2.35. The van der Waals surface area contributed by atoms with Crippen LogP contribution < -0.4 is 5.32 Å². The van der Waals surface area contributed by atoms with Crippen molar-refractivity contribution in [3.8, 4) is 0 Å². The molecule has 1 N–H and O–H groups in total. The lowest BCUT2D eigenvalue weighted by atomic mass is 10.1. The standard InChI is InChI=1S/C16H28IN3O/c1-6-9-18-16-14(17)12(10-11(4)5)19-15(20-16)13(7-2)21-8-3/h11,13H,6-10H2,1-5H3,(H,18,19,20). The molecule has 0 aromatic carbocycles. The van der Waals surface area contributed by atoms with E-state index in [-0.39, 0.29) is 6.10 Å². The first kappa shape index (κ1) is 18.6. The molecule has 120 valence electrons. The van der Waals surface area contributed by atoms with Crippen LogP contribution in [0.2, 0.25) is 0 Å². The average Bonchev–Trinajstić information content (AvgIpc) is 2.45. The van der Waals surface area contributed by atoms with Gasteiger partial charge >= 0.3 is 0 Å². The number of halogens is 1. The number of nitrogens with one attached hydrogen (secondary N) is 1. The Labute approximate surface area is 142 Å². The van der Waals surface area contributed by atoms with Gasteiger partial charge in [-0.2, -0.15) is 0 Å². The zero-order valence-electron chi connectivity index (χ0n) is 13.9. The molecule has 0 radical (unpaired) electrons. The monoisotopic (exact) mass is 405 g/mol. The summed E-state index contributed by atoms with van der Waals surface area (Å²) in [7, 11) is 0. The lowest BCUT2D eigenvalue weighted by Gasteiger charge is -2.18. The van der Waals surface area contributed by atoms with Gasteiger partial charge in [-0.3, -0.25) is 0 Å².